The molecule has 0 aliphatic heterocycles. The second kappa shape index (κ2) is 6.12. The number of carboxylic acid groups (broad SMARTS) is 1. The van der Waals surface area contributed by atoms with E-state index in [9.17, 15) is 4.79 Å². The molecule has 0 aromatic carbocycles. The Morgan fingerprint density at radius 2 is 2.18 bits per heavy atom. The number of nitrogens with one attached hydrogen (secondary N) is 1. The normalized spacial score (nSPS) is 16.5. The summed E-state index contributed by atoms with van der Waals surface area (Å²) in [7, 11) is 0. The molecule has 5 heteroatoms. The molecule has 0 aliphatic carbocycles. The Labute approximate surface area is 106 Å². The van der Waals surface area contributed by atoms with Crippen LogP contribution in [0, 0.1) is 5.92 Å². The summed E-state index contributed by atoms with van der Waals surface area (Å²) in [6, 6.07) is 0.0218. The van der Waals surface area contributed by atoms with Gasteiger partial charge in [-0.05, 0) is 20.3 Å². The summed E-state index contributed by atoms with van der Waals surface area (Å²) in [6.45, 7) is 7.73. The molecule has 1 aromatic rings. The lowest BCUT2D eigenvalue weighted by molar-refractivity contribution is -0.142. The monoisotopic (exact) mass is 256 g/mol. The molecular formula is C12H20N2O2S. The first kappa shape index (κ1) is 14.1. The topological polar surface area (TPSA) is 62.2 Å². The third kappa shape index (κ3) is 3.78. The largest absolute Gasteiger partial charge is 0.481 e. The van der Waals surface area contributed by atoms with Crippen molar-refractivity contribution in [2.45, 2.75) is 46.2 Å². The fourth-order valence-corrected chi connectivity index (χ4v) is 2.38. The van der Waals surface area contributed by atoms with Crippen molar-refractivity contribution in [2.75, 3.05) is 0 Å². The van der Waals surface area contributed by atoms with Crippen LogP contribution in [0.4, 0.5) is 0 Å². The molecule has 0 saturated carbocycles. The summed E-state index contributed by atoms with van der Waals surface area (Å²) in [4.78, 5) is 16.5. The number of hydrogen-bond donors (Lipinski definition) is 2. The van der Waals surface area contributed by atoms with Gasteiger partial charge in [0.1, 0.15) is 5.01 Å². The van der Waals surface area contributed by atoms with E-state index in [0.717, 1.165) is 11.4 Å². The fourth-order valence-electron chi connectivity index (χ4n) is 1.51. The number of nitrogens with zero attached hydrogens (tertiary/aromatic N) is 1. The molecule has 2 N–H and O–H groups in total. The van der Waals surface area contributed by atoms with Crippen molar-refractivity contribution >= 4 is 17.3 Å². The minimum absolute atomic E-state index is 0.0727. The lowest BCUT2D eigenvalue weighted by atomic mass is 10.0. The molecule has 96 valence electrons. The van der Waals surface area contributed by atoms with Crippen LogP contribution in [0.25, 0.3) is 0 Å². The van der Waals surface area contributed by atoms with Crippen LogP contribution in [-0.2, 0) is 11.2 Å². The average molecular weight is 256 g/mol. The number of aliphatic carboxylic acids is 1. The highest BCUT2D eigenvalue weighted by atomic mass is 32.1. The van der Waals surface area contributed by atoms with Crippen molar-refractivity contribution in [3.05, 3.63) is 16.1 Å². The number of carboxylic acids is 1. The second-order valence-corrected chi connectivity index (χ2v) is 5.47. The van der Waals surface area contributed by atoms with Crippen LogP contribution >= 0.6 is 11.3 Å². The van der Waals surface area contributed by atoms with E-state index < -0.39 is 11.9 Å². The zero-order valence-electron chi connectivity index (χ0n) is 10.7. The van der Waals surface area contributed by atoms with Gasteiger partial charge < -0.3 is 10.4 Å². The van der Waals surface area contributed by atoms with E-state index in [-0.39, 0.29) is 12.1 Å². The predicted octanol–water partition coefficient (Wildman–Crippen LogP) is 2.47. The summed E-state index contributed by atoms with van der Waals surface area (Å²) in [5.74, 6) is -1.17. The first-order valence-electron chi connectivity index (χ1n) is 5.89. The molecule has 1 aromatic heterocycles. The van der Waals surface area contributed by atoms with Gasteiger partial charge >= 0.3 is 5.97 Å². The smallest absolute Gasteiger partial charge is 0.307 e. The van der Waals surface area contributed by atoms with Crippen LogP contribution in [0.3, 0.4) is 0 Å². The lowest BCUT2D eigenvalue weighted by Gasteiger charge is -2.21. The van der Waals surface area contributed by atoms with Crippen LogP contribution in [0.2, 0.25) is 0 Å². The Balaban J connectivity index is 2.59. The van der Waals surface area contributed by atoms with Crippen molar-refractivity contribution in [1.82, 2.24) is 10.3 Å². The molecule has 1 rings (SSSR count). The van der Waals surface area contributed by atoms with Crippen molar-refractivity contribution in [3.63, 3.8) is 0 Å². The van der Waals surface area contributed by atoms with Crippen molar-refractivity contribution in [2.24, 2.45) is 5.92 Å². The molecule has 1 heterocycles. The molecule has 0 aliphatic rings. The fraction of sp³-hybridized carbons (Fsp3) is 0.667. The van der Waals surface area contributed by atoms with Gasteiger partial charge in [-0.3, -0.25) is 4.79 Å². The number of aromatic nitrogens is 1. The van der Waals surface area contributed by atoms with Gasteiger partial charge in [-0.1, -0.05) is 13.8 Å². The molecule has 4 nitrogen and oxygen atoms in total. The molecule has 0 radical (unpaired) electrons. The van der Waals surface area contributed by atoms with E-state index in [0.29, 0.717) is 0 Å². The second-order valence-electron chi connectivity index (χ2n) is 4.32. The van der Waals surface area contributed by atoms with E-state index in [2.05, 4.69) is 17.2 Å². The summed E-state index contributed by atoms with van der Waals surface area (Å²) >= 11 is 1.68. The zero-order valence-corrected chi connectivity index (χ0v) is 11.5. The van der Waals surface area contributed by atoms with Gasteiger partial charge in [0.15, 0.2) is 0 Å². The summed E-state index contributed by atoms with van der Waals surface area (Å²) < 4.78 is 0. The Bertz CT molecular complexity index is 378. The predicted molar refractivity (Wildman–Crippen MR) is 69.3 cm³/mol. The van der Waals surface area contributed by atoms with Crippen LogP contribution in [0.15, 0.2) is 6.20 Å². The molecule has 0 fully saturated rings. The van der Waals surface area contributed by atoms with E-state index in [1.54, 1.807) is 18.3 Å². The van der Waals surface area contributed by atoms with Gasteiger partial charge in [0, 0.05) is 17.1 Å². The number of carbonyl (C=O) groups is 1. The van der Waals surface area contributed by atoms with Crippen LogP contribution in [0.5, 0.6) is 0 Å². The van der Waals surface area contributed by atoms with Gasteiger partial charge in [-0.25, -0.2) is 4.98 Å². The molecular weight excluding hydrogens is 236 g/mol. The van der Waals surface area contributed by atoms with E-state index >= 15 is 0 Å². The third-order valence-electron chi connectivity index (χ3n) is 2.94. The third-order valence-corrected chi connectivity index (χ3v) is 4.27. The van der Waals surface area contributed by atoms with Gasteiger partial charge in [-0.15, -0.1) is 11.3 Å². The van der Waals surface area contributed by atoms with Gasteiger partial charge in [0.05, 0.1) is 12.0 Å². The summed E-state index contributed by atoms with van der Waals surface area (Å²) in [5.41, 5.74) is 0. The molecule has 0 spiro atoms. The van der Waals surface area contributed by atoms with E-state index in [4.69, 9.17) is 5.11 Å². The first-order valence-corrected chi connectivity index (χ1v) is 6.70. The van der Waals surface area contributed by atoms with Gasteiger partial charge in [-0.2, -0.15) is 0 Å². The van der Waals surface area contributed by atoms with Crippen molar-refractivity contribution in [1.29, 1.82) is 0 Å². The first-order chi connectivity index (χ1) is 7.95. The highest BCUT2D eigenvalue weighted by molar-refractivity contribution is 7.11. The minimum atomic E-state index is -0.773. The van der Waals surface area contributed by atoms with Gasteiger partial charge in [0.25, 0.3) is 0 Å². The van der Waals surface area contributed by atoms with Gasteiger partial charge in [0.2, 0.25) is 0 Å². The van der Waals surface area contributed by atoms with Crippen molar-refractivity contribution < 1.29 is 9.90 Å². The molecule has 0 amide bonds. The average Bonchev–Trinajstić information content (AvgIpc) is 2.76. The number of thiazole rings is 1. The highest BCUT2D eigenvalue weighted by Gasteiger charge is 2.22. The Kier molecular flexibility index (Phi) is 5.08. The maximum atomic E-state index is 10.9. The standard InChI is InChI=1S/C12H20N2O2S/c1-5-10-6-13-11(17-10)9(4)14-8(3)7(2)12(15)16/h6-9,14H,5H2,1-4H3,(H,15,16). The summed E-state index contributed by atoms with van der Waals surface area (Å²) in [6.07, 6.45) is 2.88. The molecule has 3 unspecified atom stereocenters. The Hall–Kier alpha value is -0.940. The maximum Gasteiger partial charge on any atom is 0.307 e. The SMILES string of the molecule is CCc1cnc(C(C)NC(C)C(C)C(=O)O)s1. The van der Waals surface area contributed by atoms with Crippen LogP contribution < -0.4 is 5.32 Å². The molecule has 0 saturated heterocycles. The van der Waals surface area contributed by atoms with Crippen LogP contribution in [0.1, 0.15) is 43.6 Å². The lowest BCUT2D eigenvalue weighted by Crippen LogP contribution is -2.37. The van der Waals surface area contributed by atoms with Crippen molar-refractivity contribution in [3.8, 4) is 0 Å². The zero-order chi connectivity index (χ0) is 13.0. The maximum absolute atomic E-state index is 10.9. The quantitative estimate of drug-likeness (QED) is 0.820. The number of rotatable bonds is 6. The minimum Gasteiger partial charge on any atom is -0.481 e. The van der Waals surface area contributed by atoms with E-state index in [1.807, 2.05) is 20.0 Å². The number of hydrogen-bond acceptors (Lipinski definition) is 4. The van der Waals surface area contributed by atoms with E-state index in [1.165, 1.54) is 4.88 Å². The Morgan fingerprint density at radius 1 is 1.53 bits per heavy atom. The molecule has 3 atom stereocenters. The summed E-state index contributed by atoms with van der Waals surface area (Å²) in [5, 5.41) is 13.2. The Morgan fingerprint density at radius 3 is 2.65 bits per heavy atom. The highest BCUT2D eigenvalue weighted by Crippen LogP contribution is 2.21. The molecule has 0 bridgehead atoms. The van der Waals surface area contributed by atoms with Crippen LogP contribution in [-0.4, -0.2) is 22.1 Å². The number of aryl methyl sites for hydroxylation is 1. The molecule has 17 heavy (non-hydrogen) atoms.